The van der Waals surface area contributed by atoms with Crippen molar-refractivity contribution < 1.29 is 0 Å². The first kappa shape index (κ1) is 14.4. The van der Waals surface area contributed by atoms with Gasteiger partial charge in [0.25, 0.3) is 0 Å². The molecule has 2 heterocycles. The molecule has 2 aliphatic rings. The smallest absolute Gasteiger partial charge is 0.0235 e. The summed E-state index contributed by atoms with van der Waals surface area (Å²) in [5, 5.41) is 3.74. The van der Waals surface area contributed by atoms with Crippen LogP contribution in [0.25, 0.3) is 0 Å². The van der Waals surface area contributed by atoms with Crippen molar-refractivity contribution in [2.45, 2.75) is 25.3 Å². The van der Waals surface area contributed by atoms with Gasteiger partial charge in [-0.2, -0.15) is 11.8 Å². The molecule has 2 saturated heterocycles. The summed E-state index contributed by atoms with van der Waals surface area (Å²) in [6.45, 7) is 4.99. The van der Waals surface area contributed by atoms with E-state index in [1.54, 1.807) is 0 Å². The van der Waals surface area contributed by atoms with Gasteiger partial charge in [0.2, 0.25) is 0 Å². The highest BCUT2D eigenvalue weighted by atomic mass is 32.2. The monoisotopic (exact) mass is 290 g/mol. The molecular formula is C17H26N2S. The molecule has 0 amide bonds. The second-order valence-electron chi connectivity index (χ2n) is 6.18. The van der Waals surface area contributed by atoms with Gasteiger partial charge in [0.1, 0.15) is 0 Å². The van der Waals surface area contributed by atoms with Gasteiger partial charge in [-0.25, -0.2) is 0 Å². The topological polar surface area (TPSA) is 15.3 Å². The molecule has 0 aromatic heterocycles. The minimum Gasteiger partial charge on any atom is -0.312 e. The fourth-order valence-electron chi connectivity index (χ4n) is 3.37. The Morgan fingerprint density at radius 2 is 2.15 bits per heavy atom. The van der Waals surface area contributed by atoms with Crippen molar-refractivity contribution in [3.05, 3.63) is 35.9 Å². The van der Waals surface area contributed by atoms with Gasteiger partial charge in [-0.3, -0.25) is 0 Å². The quantitative estimate of drug-likeness (QED) is 0.918. The lowest BCUT2D eigenvalue weighted by atomic mass is 10.0. The first-order valence-corrected chi connectivity index (χ1v) is 9.13. The van der Waals surface area contributed by atoms with Crippen LogP contribution >= 0.6 is 11.8 Å². The Balaban J connectivity index is 1.54. The highest BCUT2D eigenvalue weighted by molar-refractivity contribution is 7.99. The number of nitrogens with one attached hydrogen (secondary N) is 1. The van der Waals surface area contributed by atoms with Crippen molar-refractivity contribution in [1.82, 2.24) is 10.2 Å². The first-order chi connectivity index (χ1) is 9.90. The summed E-state index contributed by atoms with van der Waals surface area (Å²) < 4.78 is 0. The molecule has 2 aliphatic heterocycles. The molecule has 0 radical (unpaired) electrons. The zero-order chi connectivity index (χ0) is 13.6. The first-order valence-electron chi connectivity index (χ1n) is 7.97. The van der Waals surface area contributed by atoms with E-state index in [-0.39, 0.29) is 0 Å². The van der Waals surface area contributed by atoms with Gasteiger partial charge in [-0.15, -0.1) is 0 Å². The lowest BCUT2D eigenvalue weighted by molar-refractivity contribution is 0.234. The standard InChI is InChI=1S/C17H26N2S/c1-2-5-15(6-3-1)11-17-13-19(9-4-8-18-17)12-16-7-10-20-14-16/h1-3,5-6,16-18H,4,7-14H2. The van der Waals surface area contributed by atoms with Crippen LogP contribution in [0.3, 0.4) is 0 Å². The molecule has 1 aromatic carbocycles. The molecule has 0 bridgehead atoms. The zero-order valence-corrected chi connectivity index (χ0v) is 13.1. The Morgan fingerprint density at radius 3 is 2.95 bits per heavy atom. The Morgan fingerprint density at radius 1 is 1.25 bits per heavy atom. The van der Waals surface area contributed by atoms with E-state index in [1.807, 2.05) is 0 Å². The fourth-order valence-corrected chi connectivity index (χ4v) is 4.64. The number of hydrogen-bond donors (Lipinski definition) is 1. The molecule has 2 unspecified atom stereocenters. The molecule has 3 heteroatoms. The van der Waals surface area contributed by atoms with Gasteiger partial charge in [0, 0.05) is 19.1 Å². The molecule has 0 spiro atoms. The van der Waals surface area contributed by atoms with Crippen LogP contribution in [0.1, 0.15) is 18.4 Å². The number of rotatable bonds is 4. The van der Waals surface area contributed by atoms with Crippen molar-refractivity contribution in [3.63, 3.8) is 0 Å². The van der Waals surface area contributed by atoms with Crippen molar-refractivity contribution >= 4 is 11.8 Å². The van der Waals surface area contributed by atoms with E-state index in [0.29, 0.717) is 6.04 Å². The third-order valence-electron chi connectivity index (χ3n) is 4.43. The van der Waals surface area contributed by atoms with Gasteiger partial charge < -0.3 is 10.2 Å². The summed E-state index contributed by atoms with van der Waals surface area (Å²) >= 11 is 2.14. The van der Waals surface area contributed by atoms with Gasteiger partial charge in [0.05, 0.1) is 0 Å². The number of thioether (sulfide) groups is 1. The molecule has 2 atom stereocenters. The molecule has 0 saturated carbocycles. The number of benzene rings is 1. The summed E-state index contributed by atoms with van der Waals surface area (Å²) in [6.07, 6.45) is 3.89. The Bertz CT molecular complexity index is 389. The minimum absolute atomic E-state index is 0.619. The van der Waals surface area contributed by atoms with Crippen LogP contribution < -0.4 is 5.32 Å². The molecule has 110 valence electrons. The van der Waals surface area contributed by atoms with Crippen LogP contribution in [0, 0.1) is 5.92 Å². The van der Waals surface area contributed by atoms with Crippen LogP contribution in [-0.4, -0.2) is 48.6 Å². The molecule has 2 fully saturated rings. The van der Waals surface area contributed by atoms with Gasteiger partial charge in [-0.05, 0) is 55.3 Å². The second-order valence-corrected chi connectivity index (χ2v) is 7.33. The fraction of sp³-hybridized carbons (Fsp3) is 0.647. The van der Waals surface area contributed by atoms with E-state index < -0.39 is 0 Å². The normalized spacial score (nSPS) is 28.4. The Kier molecular flexibility index (Phi) is 5.40. The van der Waals surface area contributed by atoms with Crippen molar-refractivity contribution in [1.29, 1.82) is 0 Å². The Labute approximate surface area is 127 Å². The average molecular weight is 290 g/mol. The van der Waals surface area contributed by atoms with Crippen LogP contribution in [0.5, 0.6) is 0 Å². The third-order valence-corrected chi connectivity index (χ3v) is 5.66. The largest absolute Gasteiger partial charge is 0.312 e. The maximum absolute atomic E-state index is 3.74. The van der Waals surface area contributed by atoms with Gasteiger partial charge >= 0.3 is 0 Å². The van der Waals surface area contributed by atoms with Crippen LogP contribution in [0.4, 0.5) is 0 Å². The Hall–Kier alpha value is -0.510. The van der Waals surface area contributed by atoms with Gasteiger partial charge in [0.15, 0.2) is 0 Å². The highest BCUT2D eigenvalue weighted by Gasteiger charge is 2.22. The van der Waals surface area contributed by atoms with Crippen LogP contribution in [-0.2, 0) is 6.42 Å². The van der Waals surface area contributed by atoms with E-state index in [1.165, 1.54) is 56.1 Å². The van der Waals surface area contributed by atoms with Crippen molar-refractivity contribution in [2.75, 3.05) is 37.7 Å². The molecule has 1 aromatic rings. The molecule has 2 nitrogen and oxygen atoms in total. The molecule has 20 heavy (non-hydrogen) atoms. The van der Waals surface area contributed by atoms with Gasteiger partial charge in [-0.1, -0.05) is 30.3 Å². The maximum atomic E-state index is 3.74. The lowest BCUT2D eigenvalue weighted by Crippen LogP contribution is -2.40. The number of nitrogens with zero attached hydrogens (tertiary/aromatic N) is 1. The third kappa shape index (κ3) is 4.24. The predicted octanol–water partition coefficient (Wildman–Crippen LogP) is 2.65. The van der Waals surface area contributed by atoms with E-state index in [0.717, 1.165) is 12.3 Å². The lowest BCUT2D eigenvalue weighted by Gasteiger charge is -2.26. The average Bonchev–Trinajstić information content (AvgIpc) is 2.87. The minimum atomic E-state index is 0.619. The summed E-state index contributed by atoms with van der Waals surface area (Å²) in [5.41, 5.74) is 1.46. The SMILES string of the molecule is c1ccc(CC2CN(CC3CCSC3)CCCN2)cc1. The highest BCUT2D eigenvalue weighted by Crippen LogP contribution is 2.24. The summed E-state index contributed by atoms with van der Waals surface area (Å²) in [4.78, 5) is 2.71. The van der Waals surface area contributed by atoms with Crippen molar-refractivity contribution in [2.24, 2.45) is 5.92 Å². The van der Waals surface area contributed by atoms with E-state index in [2.05, 4.69) is 52.3 Å². The predicted molar refractivity (Wildman–Crippen MR) is 88.4 cm³/mol. The molecular weight excluding hydrogens is 264 g/mol. The van der Waals surface area contributed by atoms with Crippen molar-refractivity contribution in [3.8, 4) is 0 Å². The van der Waals surface area contributed by atoms with Crippen LogP contribution in [0.2, 0.25) is 0 Å². The van der Waals surface area contributed by atoms with E-state index in [9.17, 15) is 0 Å². The molecule has 1 N–H and O–H groups in total. The summed E-state index contributed by atoms with van der Waals surface area (Å²) in [6, 6.07) is 11.5. The number of hydrogen-bond acceptors (Lipinski definition) is 3. The molecule has 0 aliphatic carbocycles. The van der Waals surface area contributed by atoms with Crippen LogP contribution in [0.15, 0.2) is 30.3 Å². The zero-order valence-electron chi connectivity index (χ0n) is 12.3. The maximum Gasteiger partial charge on any atom is 0.0235 e. The molecule has 3 rings (SSSR count). The second kappa shape index (κ2) is 7.48. The van der Waals surface area contributed by atoms with E-state index >= 15 is 0 Å². The van der Waals surface area contributed by atoms with E-state index in [4.69, 9.17) is 0 Å². The summed E-state index contributed by atoms with van der Waals surface area (Å²) in [7, 11) is 0. The summed E-state index contributed by atoms with van der Waals surface area (Å²) in [5.74, 6) is 3.70.